The zero-order valence-electron chi connectivity index (χ0n) is 16.3. The summed E-state index contributed by atoms with van der Waals surface area (Å²) in [5, 5.41) is 2.01. The first-order valence-electron chi connectivity index (χ1n) is 8.07. The highest BCUT2D eigenvalue weighted by atomic mass is 79.9. The van der Waals surface area contributed by atoms with E-state index >= 15 is 0 Å². The molecule has 0 heterocycles. The van der Waals surface area contributed by atoms with Crippen molar-refractivity contribution in [1.29, 1.82) is 0 Å². The Bertz CT molecular complexity index is 442. The van der Waals surface area contributed by atoms with E-state index in [1.54, 1.807) is 0 Å². The molecule has 0 aromatic rings. The van der Waals surface area contributed by atoms with E-state index in [0.717, 1.165) is 0 Å². The van der Waals surface area contributed by atoms with Gasteiger partial charge in [0.2, 0.25) is 0 Å². The minimum Gasteiger partial charge on any atom is -0.360 e. The third-order valence-corrected chi connectivity index (χ3v) is 15.9. The summed E-state index contributed by atoms with van der Waals surface area (Å²) in [7, 11) is -1.08. The number of alkyl halides is 9. The third-order valence-electron chi connectivity index (χ3n) is 4.10. The summed E-state index contributed by atoms with van der Waals surface area (Å²) in [5.74, 6) is 0. The number of rotatable bonds is 12. The highest BCUT2D eigenvalue weighted by Crippen LogP contribution is 2.52. The van der Waals surface area contributed by atoms with Crippen LogP contribution in [0.2, 0.25) is 0 Å². The van der Waals surface area contributed by atoms with Crippen molar-refractivity contribution < 1.29 is 14.0 Å². The Labute approximate surface area is 245 Å². The lowest BCUT2D eigenvalue weighted by Gasteiger charge is -2.44. The SMILES string of the molecule is CC(C)(CBr)C(Br)(Br)OB(OC(Br)(Br)C(C)(C)CBr)OC(Br)(Br)C(C)(C)CBr. The molecule has 13 heteroatoms. The second-order valence-electron chi connectivity index (χ2n) is 8.25. The summed E-state index contributed by atoms with van der Waals surface area (Å²) in [4.78, 5) is 0. The van der Waals surface area contributed by atoms with Crippen LogP contribution in [-0.2, 0) is 14.0 Å². The molecule has 0 bridgehead atoms. The van der Waals surface area contributed by atoms with Gasteiger partial charge >= 0.3 is 7.32 Å². The van der Waals surface area contributed by atoms with Gasteiger partial charge < -0.3 is 14.0 Å². The van der Waals surface area contributed by atoms with Crippen molar-refractivity contribution in [2.45, 2.75) is 51.8 Å². The van der Waals surface area contributed by atoms with Crippen LogP contribution in [0.3, 0.4) is 0 Å². The van der Waals surface area contributed by atoms with E-state index in [2.05, 4.69) is 143 Å². The molecule has 0 radical (unpaired) electrons. The van der Waals surface area contributed by atoms with Gasteiger partial charge in [0.25, 0.3) is 0 Å². The summed E-state index contributed by atoms with van der Waals surface area (Å²) in [6.07, 6.45) is 0. The number of hydrogen-bond acceptors (Lipinski definition) is 3. The topological polar surface area (TPSA) is 27.7 Å². The maximum atomic E-state index is 6.25. The van der Waals surface area contributed by atoms with E-state index < -0.39 is 17.6 Å². The quantitative estimate of drug-likeness (QED) is 0.144. The zero-order chi connectivity index (χ0) is 22.8. The Morgan fingerprint density at radius 1 is 0.500 bits per heavy atom. The maximum Gasteiger partial charge on any atom is 0.644 e. The van der Waals surface area contributed by atoms with Gasteiger partial charge in [0, 0.05) is 32.2 Å². The summed E-state index contributed by atoms with van der Waals surface area (Å²) in [6, 6.07) is 0. The number of halogens is 9. The Morgan fingerprint density at radius 3 is 0.821 bits per heavy atom. The molecule has 0 spiro atoms. The monoisotopic (exact) mass is 973 g/mol. The van der Waals surface area contributed by atoms with E-state index in [0.29, 0.717) is 16.0 Å². The van der Waals surface area contributed by atoms with Gasteiger partial charge in [0.1, 0.15) is 0 Å². The lowest BCUT2D eigenvalue weighted by Crippen LogP contribution is -2.52. The first-order chi connectivity index (χ1) is 12.2. The van der Waals surface area contributed by atoms with Crippen molar-refractivity contribution >= 4 is 151 Å². The van der Waals surface area contributed by atoms with Crippen LogP contribution < -0.4 is 0 Å². The average molecular weight is 982 g/mol. The van der Waals surface area contributed by atoms with Crippen molar-refractivity contribution in [3.8, 4) is 0 Å². The molecule has 0 aliphatic heterocycles. The van der Waals surface area contributed by atoms with Gasteiger partial charge in [-0.3, -0.25) is 0 Å². The molecule has 0 saturated heterocycles. The van der Waals surface area contributed by atoms with Crippen LogP contribution in [0.5, 0.6) is 0 Å². The molecule has 0 aliphatic carbocycles. The Hall–Kier alpha value is 4.26. The maximum absolute atomic E-state index is 6.25. The molecular weight excluding hydrogens is 958 g/mol. The van der Waals surface area contributed by atoms with Gasteiger partial charge in [0.15, 0.2) is 10.3 Å². The van der Waals surface area contributed by atoms with Gasteiger partial charge in [0.05, 0.1) is 0 Å². The summed E-state index contributed by atoms with van der Waals surface area (Å²) < 4.78 is 16.0. The van der Waals surface area contributed by atoms with Crippen molar-refractivity contribution in [2.24, 2.45) is 16.2 Å². The van der Waals surface area contributed by atoms with E-state index in [1.165, 1.54) is 0 Å². The fourth-order valence-electron chi connectivity index (χ4n) is 1.15. The minimum absolute atomic E-state index is 0.337. The van der Waals surface area contributed by atoms with Crippen molar-refractivity contribution in [3.05, 3.63) is 0 Å². The van der Waals surface area contributed by atoms with Crippen LogP contribution in [0, 0.1) is 16.2 Å². The molecule has 0 atom stereocenters. The summed E-state index contributed by atoms with van der Waals surface area (Å²) in [5.41, 5.74) is -1.01. The Balaban J connectivity index is 5.94. The molecule has 0 aromatic heterocycles. The minimum atomic E-state index is -1.08. The molecule has 0 saturated carbocycles. The zero-order valence-corrected chi connectivity index (χ0v) is 30.6. The Morgan fingerprint density at radius 2 is 0.679 bits per heavy atom. The average Bonchev–Trinajstić information content (AvgIpc) is 2.52. The molecule has 0 N–H and O–H groups in total. The van der Waals surface area contributed by atoms with E-state index in [4.69, 9.17) is 14.0 Å². The fourth-order valence-corrected chi connectivity index (χ4v) is 6.35. The van der Waals surface area contributed by atoms with Gasteiger partial charge in [-0.1, -0.05) is 89.3 Å². The summed E-state index contributed by atoms with van der Waals surface area (Å²) >= 11 is 32.4. The van der Waals surface area contributed by atoms with Gasteiger partial charge in [-0.2, -0.15) is 0 Å². The smallest absolute Gasteiger partial charge is 0.360 e. The third kappa shape index (κ3) is 8.49. The van der Waals surface area contributed by atoms with Gasteiger partial charge in [-0.25, -0.2) is 0 Å². The predicted molar refractivity (Wildman–Crippen MR) is 153 cm³/mol. The van der Waals surface area contributed by atoms with Crippen LogP contribution in [0.25, 0.3) is 0 Å². The first-order valence-corrected chi connectivity index (χ1v) is 16.2. The van der Waals surface area contributed by atoms with Crippen LogP contribution >= 0.6 is 143 Å². The predicted octanol–water partition coefficient (Wildman–Crippen LogP) is 9.62. The van der Waals surface area contributed by atoms with Crippen LogP contribution in [0.4, 0.5) is 0 Å². The van der Waals surface area contributed by atoms with E-state index in [9.17, 15) is 0 Å². The van der Waals surface area contributed by atoms with Gasteiger partial charge in [-0.05, 0) is 95.6 Å². The van der Waals surface area contributed by atoms with Crippen molar-refractivity contribution in [3.63, 3.8) is 0 Å². The molecule has 0 amide bonds. The van der Waals surface area contributed by atoms with Crippen LogP contribution in [-0.4, -0.2) is 33.6 Å². The highest BCUT2D eigenvalue weighted by Gasteiger charge is 2.54. The Kier molecular flexibility index (Phi) is 13.6. The van der Waals surface area contributed by atoms with Gasteiger partial charge in [-0.15, -0.1) is 0 Å². The lowest BCUT2D eigenvalue weighted by molar-refractivity contribution is -0.0110. The summed E-state index contributed by atoms with van der Waals surface area (Å²) in [6.45, 7) is 12.2. The van der Waals surface area contributed by atoms with E-state index in [1.807, 2.05) is 41.5 Å². The first kappa shape index (κ1) is 32.3. The van der Waals surface area contributed by atoms with Crippen LogP contribution in [0.1, 0.15) is 41.5 Å². The van der Waals surface area contributed by atoms with Crippen LogP contribution in [0.15, 0.2) is 0 Å². The molecule has 0 unspecified atom stereocenters. The van der Waals surface area contributed by atoms with Crippen molar-refractivity contribution in [2.75, 3.05) is 16.0 Å². The highest BCUT2D eigenvalue weighted by molar-refractivity contribution is 9.26. The second-order valence-corrected chi connectivity index (χ2v) is 19.8. The lowest BCUT2D eigenvalue weighted by atomic mass is 9.95. The standard InChI is InChI=1S/C15H24BBr9O3/c1-10(2,7-17)13(20,21)26-16(27-14(22,23)11(3,4)8-18)28-15(24,25)12(5,6)9-19/h7-9H2,1-6H3. The molecule has 0 rings (SSSR count). The number of hydrogen-bond donors (Lipinski definition) is 0. The molecule has 3 nitrogen and oxygen atoms in total. The molecule has 28 heavy (non-hydrogen) atoms. The molecule has 168 valence electrons. The molecule has 0 aromatic carbocycles. The molecular formula is C15H24BBr9O3. The van der Waals surface area contributed by atoms with E-state index in [-0.39, 0.29) is 16.2 Å². The molecule has 0 aliphatic rings. The van der Waals surface area contributed by atoms with Crippen molar-refractivity contribution in [1.82, 2.24) is 0 Å². The fraction of sp³-hybridized carbons (Fsp3) is 1.00. The molecule has 0 fully saturated rings. The second kappa shape index (κ2) is 11.8. The largest absolute Gasteiger partial charge is 0.644 e. The normalized spacial score (nSPS) is 15.1.